The van der Waals surface area contributed by atoms with Gasteiger partial charge in [0.2, 0.25) is 15.9 Å². The number of sulfonamides is 1. The molecule has 2 heterocycles. The van der Waals surface area contributed by atoms with E-state index in [2.05, 4.69) is 43.9 Å². The summed E-state index contributed by atoms with van der Waals surface area (Å²) in [6.07, 6.45) is 3.60. The van der Waals surface area contributed by atoms with Crippen LogP contribution in [0.25, 0.3) is 0 Å². The van der Waals surface area contributed by atoms with Crippen LogP contribution in [0.1, 0.15) is 48.7 Å². The molecule has 1 aromatic heterocycles. The molecule has 1 aliphatic rings. The fourth-order valence-electron chi connectivity index (χ4n) is 4.74. The first-order chi connectivity index (χ1) is 19.6. The Labute approximate surface area is 248 Å². The molecular formula is C30H40N6O5S. The molecule has 1 atom stereocenters. The van der Waals surface area contributed by atoms with Crippen molar-refractivity contribution in [1.82, 2.24) is 14.9 Å². The maximum Gasteiger partial charge on any atom is 0.255 e. The number of rotatable bonds is 9. The summed E-state index contributed by atoms with van der Waals surface area (Å²) in [6, 6.07) is 10.9. The predicted molar refractivity (Wildman–Crippen MR) is 166 cm³/mol. The summed E-state index contributed by atoms with van der Waals surface area (Å²) >= 11 is 0. The van der Waals surface area contributed by atoms with Crippen LogP contribution in [0, 0.1) is 6.92 Å². The van der Waals surface area contributed by atoms with E-state index in [0.717, 1.165) is 42.7 Å². The number of ether oxygens (including phenoxy) is 2. The van der Waals surface area contributed by atoms with Crippen LogP contribution in [0.3, 0.4) is 0 Å². The molecular weight excluding hydrogens is 556 g/mol. The lowest BCUT2D eigenvalue weighted by Gasteiger charge is -2.24. The number of anilines is 3. The van der Waals surface area contributed by atoms with Crippen LogP contribution in [0.4, 0.5) is 17.2 Å². The fourth-order valence-corrected chi connectivity index (χ4v) is 5.29. The Bertz CT molecular complexity index is 1570. The maximum atomic E-state index is 13.5. The summed E-state index contributed by atoms with van der Waals surface area (Å²) in [6.45, 7) is 9.65. The highest BCUT2D eigenvalue weighted by atomic mass is 32.2. The zero-order valence-electron chi connectivity index (χ0n) is 25.5. The van der Waals surface area contributed by atoms with Gasteiger partial charge in [-0.3, -0.25) is 9.52 Å². The van der Waals surface area contributed by atoms with E-state index in [-0.39, 0.29) is 16.9 Å². The number of aromatic nitrogens is 2. The number of hydrogen-bond donors (Lipinski definition) is 2. The fraction of sp³-hybridized carbons (Fsp3) is 0.433. The van der Waals surface area contributed by atoms with Gasteiger partial charge in [-0.1, -0.05) is 26.8 Å². The van der Waals surface area contributed by atoms with Gasteiger partial charge in [0.05, 0.1) is 24.7 Å². The predicted octanol–water partition coefficient (Wildman–Crippen LogP) is 4.65. The smallest absolute Gasteiger partial charge is 0.255 e. The van der Waals surface area contributed by atoms with E-state index in [4.69, 9.17) is 9.47 Å². The lowest BCUT2D eigenvalue weighted by Crippen LogP contribution is -2.31. The molecule has 2 aromatic carbocycles. The van der Waals surface area contributed by atoms with Gasteiger partial charge in [0.25, 0.3) is 5.91 Å². The second-order valence-electron chi connectivity index (χ2n) is 11.8. The Hall–Kier alpha value is -3.90. The number of methoxy groups -OCH3 is 1. The average Bonchev–Trinajstić information content (AvgIpc) is 3.39. The maximum absolute atomic E-state index is 13.5. The first-order valence-electron chi connectivity index (χ1n) is 13.7. The summed E-state index contributed by atoms with van der Waals surface area (Å²) < 4.78 is 38.3. The van der Waals surface area contributed by atoms with Gasteiger partial charge in [-0.2, -0.15) is 0 Å². The standard InChI is InChI=1S/C30H40N6O5S/c1-19-9-10-20(13-25(19)41-27-16-26(31-18-32-27)36-12-11-22(17-36)35(5)6)29(37)33-23-14-21(30(2,3)4)15-24(28(23)40-7)34-42(8,38)39/h9-10,13-16,18,22,34H,11-12,17H2,1-8H3,(H,33,37)/t22-/m0/s1. The Morgan fingerprint density at radius 1 is 1.10 bits per heavy atom. The topological polar surface area (TPSA) is 126 Å². The van der Waals surface area contributed by atoms with Gasteiger partial charge in [0, 0.05) is 30.8 Å². The molecule has 4 rings (SSSR count). The number of benzene rings is 2. The first-order valence-corrected chi connectivity index (χ1v) is 15.6. The van der Waals surface area contributed by atoms with Crippen molar-refractivity contribution in [2.24, 2.45) is 0 Å². The van der Waals surface area contributed by atoms with Gasteiger partial charge in [-0.05, 0) is 68.2 Å². The van der Waals surface area contributed by atoms with E-state index in [1.54, 1.807) is 30.3 Å². The second-order valence-corrected chi connectivity index (χ2v) is 13.6. The molecule has 226 valence electrons. The minimum atomic E-state index is -3.60. The number of aryl methyl sites for hydroxylation is 1. The molecule has 1 amide bonds. The van der Waals surface area contributed by atoms with E-state index in [0.29, 0.717) is 28.9 Å². The Morgan fingerprint density at radius 3 is 2.43 bits per heavy atom. The third-order valence-electron chi connectivity index (χ3n) is 7.21. The molecule has 2 N–H and O–H groups in total. The molecule has 0 aliphatic carbocycles. The third kappa shape index (κ3) is 7.48. The van der Waals surface area contributed by atoms with Crippen molar-refractivity contribution in [2.45, 2.75) is 45.6 Å². The molecule has 0 bridgehead atoms. The molecule has 1 fully saturated rings. The highest BCUT2D eigenvalue weighted by molar-refractivity contribution is 7.92. The number of nitrogens with zero attached hydrogens (tertiary/aromatic N) is 4. The monoisotopic (exact) mass is 596 g/mol. The molecule has 42 heavy (non-hydrogen) atoms. The molecule has 0 unspecified atom stereocenters. The Kier molecular flexibility index (Phi) is 8.98. The highest BCUT2D eigenvalue weighted by Crippen LogP contribution is 2.39. The SMILES string of the molecule is COc1c(NC(=O)c2ccc(C)c(Oc3cc(N4CC[C@H](N(C)C)C4)ncn3)c2)cc(C(C)(C)C)cc1NS(C)(=O)=O. The molecule has 1 saturated heterocycles. The Balaban J connectivity index is 1.60. The van der Waals surface area contributed by atoms with E-state index < -0.39 is 15.9 Å². The molecule has 0 radical (unpaired) electrons. The minimum absolute atomic E-state index is 0.206. The Morgan fingerprint density at radius 2 is 1.81 bits per heavy atom. The van der Waals surface area contributed by atoms with Gasteiger partial charge in [0.1, 0.15) is 17.9 Å². The highest BCUT2D eigenvalue weighted by Gasteiger charge is 2.26. The van der Waals surface area contributed by atoms with Crippen molar-refractivity contribution in [3.63, 3.8) is 0 Å². The number of carbonyl (C=O) groups is 1. The van der Waals surface area contributed by atoms with Crippen LogP contribution >= 0.6 is 0 Å². The van der Waals surface area contributed by atoms with Crippen LogP contribution in [0.2, 0.25) is 0 Å². The zero-order chi connectivity index (χ0) is 30.8. The number of likely N-dealkylation sites (N-methyl/N-ethyl adjacent to an activating group) is 1. The summed E-state index contributed by atoms with van der Waals surface area (Å²) in [5.74, 6) is 1.45. The van der Waals surface area contributed by atoms with Crippen LogP contribution in [0.5, 0.6) is 17.4 Å². The minimum Gasteiger partial charge on any atom is -0.492 e. The molecule has 11 nitrogen and oxygen atoms in total. The summed E-state index contributed by atoms with van der Waals surface area (Å²) in [5.41, 5.74) is 2.23. The van der Waals surface area contributed by atoms with Crippen molar-refractivity contribution in [3.8, 4) is 17.4 Å². The van der Waals surface area contributed by atoms with E-state index in [9.17, 15) is 13.2 Å². The lowest BCUT2D eigenvalue weighted by atomic mass is 9.86. The van der Waals surface area contributed by atoms with Gasteiger partial charge < -0.3 is 24.6 Å². The van der Waals surface area contributed by atoms with Gasteiger partial charge in [0.15, 0.2) is 5.75 Å². The lowest BCUT2D eigenvalue weighted by molar-refractivity contribution is 0.102. The summed E-state index contributed by atoms with van der Waals surface area (Å²) in [4.78, 5) is 26.6. The van der Waals surface area contributed by atoms with Crippen LogP contribution < -0.4 is 24.4 Å². The van der Waals surface area contributed by atoms with Crippen molar-refractivity contribution < 1.29 is 22.7 Å². The zero-order valence-corrected chi connectivity index (χ0v) is 26.3. The van der Waals surface area contributed by atoms with Crippen molar-refractivity contribution in [3.05, 3.63) is 59.4 Å². The van der Waals surface area contributed by atoms with Gasteiger partial charge in [-0.25, -0.2) is 18.4 Å². The quantitative estimate of drug-likeness (QED) is 0.363. The first kappa shape index (κ1) is 31.0. The largest absolute Gasteiger partial charge is 0.492 e. The van der Waals surface area contributed by atoms with Crippen molar-refractivity contribution in [2.75, 3.05) is 55.5 Å². The number of nitrogens with one attached hydrogen (secondary N) is 2. The average molecular weight is 597 g/mol. The number of hydrogen-bond acceptors (Lipinski definition) is 9. The van der Waals surface area contributed by atoms with Crippen LogP contribution in [-0.4, -0.2) is 75.8 Å². The third-order valence-corrected chi connectivity index (χ3v) is 7.80. The molecule has 12 heteroatoms. The van der Waals surface area contributed by atoms with Crippen LogP contribution in [-0.2, 0) is 15.4 Å². The summed E-state index contributed by atoms with van der Waals surface area (Å²) in [5, 5.41) is 2.90. The van der Waals surface area contributed by atoms with Crippen molar-refractivity contribution >= 4 is 33.1 Å². The molecule has 0 spiro atoms. The molecule has 0 saturated carbocycles. The number of amides is 1. The molecule has 3 aromatic rings. The van der Waals surface area contributed by atoms with Gasteiger partial charge >= 0.3 is 0 Å². The number of carbonyl (C=O) groups excluding carboxylic acids is 1. The normalized spacial score (nSPS) is 15.5. The van der Waals surface area contributed by atoms with E-state index >= 15 is 0 Å². The van der Waals surface area contributed by atoms with Crippen LogP contribution in [0.15, 0.2) is 42.7 Å². The van der Waals surface area contributed by atoms with E-state index in [1.165, 1.54) is 13.4 Å². The molecule has 1 aliphatic heterocycles. The summed E-state index contributed by atoms with van der Waals surface area (Å²) in [7, 11) is 1.98. The van der Waals surface area contributed by atoms with Gasteiger partial charge in [-0.15, -0.1) is 0 Å². The van der Waals surface area contributed by atoms with Crippen molar-refractivity contribution in [1.29, 1.82) is 0 Å². The van der Waals surface area contributed by atoms with E-state index in [1.807, 2.05) is 33.8 Å². The second kappa shape index (κ2) is 12.1.